The predicted octanol–water partition coefficient (Wildman–Crippen LogP) is 5.63. The molecule has 0 saturated carbocycles. The first kappa shape index (κ1) is 30.7. The SMILES string of the molecule is CC(C)(O)CO[C@@H]1COc2c(-c3c(-c4cccnc4C#N)c4cccnc4n3COCC[Si](C)(C)C)c(C(F)F)nn2C1. The van der Waals surface area contributed by atoms with Crippen molar-refractivity contribution in [1.82, 2.24) is 24.3 Å². The Morgan fingerprint density at radius 3 is 2.63 bits per heavy atom. The standard InChI is InChI=1S/C30H36F2N6O4Si/c1-30(2,39)17-42-19-15-38-29(41-16-19)24(25(36-38)27(31)32)26-23(20-8-6-10-34-22(20)14-33)21-9-7-11-35-28(21)37(26)18-40-12-13-43(3,4)5/h6-11,19,27,39H,12-13,15-18H2,1-5H3/t19-/m0/s1. The van der Waals surface area contributed by atoms with E-state index in [9.17, 15) is 19.1 Å². The summed E-state index contributed by atoms with van der Waals surface area (Å²) in [5, 5.41) is 25.0. The van der Waals surface area contributed by atoms with Crippen molar-refractivity contribution in [3.8, 4) is 34.3 Å². The number of hydrogen-bond acceptors (Lipinski definition) is 8. The summed E-state index contributed by atoms with van der Waals surface area (Å²) < 4.78 is 50.8. The fourth-order valence-electron chi connectivity index (χ4n) is 5.01. The van der Waals surface area contributed by atoms with Gasteiger partial charge in [0.2, 0.25) is 5.88 Å². The molecule has 228 valence electrons. The highest BCUT2D eigenvalue weighted by Crippen LogP contribution is 2.48. The van der Waals surface area contributed by atoms with Crippen LogP contribution in [0, 0.1) is 11.3 Å². The number of pyridine rings is 2. The molecule has 43 heavy (non-hydrogen) atoms. The minimum absolute atomic E-state index is 0.0418. The van der Waals surface area contributed by atoms with Crippen LogP contribution in [0.15, 0.2) is 36.7 Å². The van der Waals surface area contributed by atoms with Crippen molar-refractivity contribution in [2.24, 2.45) is 0 Å². The number of ether oxygens (including phenoxy) is 3. The monoisotopic (exact) mass is 610 g/mol. The van der Waals surface area contributed by atoms with Gasteiger partial charge in [0.05, 0.1) is 30.0 Å². The molecule has 0 spiro atoms. The molecule has 4 aromatic rings. The highest BCUT2D eigenvalue weighted by Gasteiger charge is 2.36. The van der Waals surface area contributed by atoms with Gasteiger partial charge in [-0.05, 0) is 44.2 Å². The van der Waals surface area contributed by atoms with E-state index in [1.165, 1.54) is 10.9 Å². The maximum absolute atomic E-state index is 14.8. The second-order valence-electron chi connectivity index (χ2n) is 12.5. The van der Waals surface area contributed by atoms with Gasteiger partial charge in [0.25, 0.3) is 6.43 Å². The molecule has 1 aliphatic heterocycles. The molecule has 0 aliphatic carbocycles. The Bertz CT molecular complexity index is 1650. The van der Waals surface area contributed by atoms with Crippen LogP contribution >= 0.6 is 0 Å². The number of hydrogen-bond donors (Lipinski definition) is 1. The number of rotatable bonds is 11. The second-order valence-corrected chi connectivity index (χ2v) is 18.1. The van der Waals surface area contributed by atoms with Crippen molar-refractivity contribution in [1.29, 1.82) is 5.26 Å². The molecule has 0 amide bonds. The largest absolute Gasteiger partial charge is 0.474 e. The van der Waals surface area contributed by atoms with E-state index in [4.69, 9.17) is 14.2 Å². The Balaban J connectivity index is 1.71. The van der Waals surface area contributed by atoms with E-state index in [1.807, 2.05) is 6.07 Å². The second kappa shape index (κ2) is 12.1. The van der Waals surface area contributed by atoms with Crippen LogP contribution in [0.5, 0.6) is 5.88 Å². The molecule has 1 N–H and O–H groups in total. The minimum Gasteiger partial charge on any atom is -0.474 e. The topological polar surface area (TPSA) is 120 Å². The summed E-state index contributed by atoms with van der Waals surface area (Å²) in [7, 11) is -1.40. The smallest absolute Gasteiger partial charge is 0.282 e. The van der Waals surface area contributed by atoms with Gasteiger partial charge in [-0.1, -0.05) is 19.6 Å². The highest BCUT2D eigenvalue weighted by atomic mass is 28.3. The highest BCUT2D eigenvalue weighted by molar-refractivity contribution is 6.76. The van der Waals surface area contributed by atoms with Gasteiger partial charge < -0.3 is 23.9 Å². The maximum Gasteiger partial charge on any atom is 0.282 e. The van der Waals surface area contributed by atoms with Crippen molar-refractivity contribution in [2.45, 2.75) is 70.9 Å². The van der Waals surface area contributed by atoms with Crippen LogP contribution in [-0.2, 0) is 22.7 Å². The van der Waals surface area contributed by atoms with Crippen LogP contribution < -0.4 is 4.74 Å². The third kappa shape index (κ3) is 6.62. The Labute approximate surface area is 249 Å². The summed E-state index contributed by atoms with van der Waals surface area (Å²) in [6.07, 6.45) is -0.289. The first-order valence-corrected chi connectivity index (χ1v) is 17.8. The molecule has 0 saturated heterocycles. The van der Waals surface area contributed by atoms with E-state index in [1.54, 1.807) is 42.8 Å². The number of fused-ring (bicyclic) bond motifs is 2. The van der Waals surface area contributed by atoms with Crippen molar-refractivity contribution in [3.05, 3.63) is 48.0 Å². The summed E-state index contributed by atoms with van der Waals surface area (Å²) in [5.41, 5.74) is 0.577. The van der Waals surface area contributed by atoms with Crippen LogP contribution in [-0.4, -0.2) is 69.0 Å². The van der Waals surface area contributed by atoms with Gasteiger partial charge in [0.1, 0.15) is 42.5 Å². The molecule has 0 fully saturated rings. The lowest BCUT2D eigenvalue weighted by Gasteiger charge is -2.27. The summed E-state index contributed by atoms with van der Waals surface area (Å²) in [6, 6.07) is 10.1. The van der Waals surface area contributed by atoms with Gasteiger partial charge in [0.15, 0.2) is 0 Å². The Kier molecular flexibility index (Phi) is 8.67. The van der Waals surface area contributed by atoms with Gasteiger partial charge in [-0.2, -0.15) is 10.4 Å². The van der Waals surface area contributed by atoms with Gasteiger partial charge in [-0.15, -0.1) is 0 Å². The van der Waals surface area contributed by atoms with Gasteiger partial charge >= 0.3 is 0 Å². The Morgan fingerprint density at radius 1 is 1.19 bits per heavy atom. The minimum atomic E-state index is -2.93. The van der Waals surface area contributed by atoms with Gasteiger partial charge in [-0.25, -0.2) is 23.4 Å². The molecule has 0 aromatic carbocycles. The van der Waals surface area contributed by atoms with E-state index >= 15 is 0 Å². The van der Waals surface area contributed by atoms with Gasteiger partial charge in [-0.3, -0.25) is 0 Å². The van der Waals surface area contributed by atoms with Gasteiger partial charge in [0, 0.05) is 43.6 Å². The lowest BCUT2D eigenvalue weighted by molar-refractivity contribution is -0.0786. The zero-order chi connectivity index (χ0) is 30.9. The summed E-state index contributed by atoms with van der Waals surface area (Å²) in [5.74, 6) is 0.160. The molecule has 5 heterocycles. The fourth-order valence-corrected chi connectivity index (χ4v) is 5.77. The molecule has 13 heteroatoms. The number of aromatic nitrogens is 5. The lowest BCUT2D eigenvalue weighted by atomic mass is 9.97. The van der Waals surface area contributed by atoms with Crippen molar-refractivity contribution in [2.75, 3.05) is 19.8 Å². The van der Waals surface area contributed by atoms with E-state index in [-0.39, 0.29) is 43.6 Å². The molecule has 0 unspecified atom stereocenters. The van der Waals surface area contributed by atoms with E-state index < -0.39 is 31.9 Å². The molecule has 4 aromatic heterocycles. The van der Waals surface area contributed by atoms with E-state index in [0.717, 1.165) is 6.04 Å². The number of nitriles is 1. The lowest BCUT2D eigenvalue weighted by Crippen LogP contribution is -2.37. The summed E-state index contributed by atoms with van der Waals surface area (Å²) >= 11 is 0. The predicted molar refractivity (Wildman–Crippen MR) is 159 cm³/mol. The van der Waals surface area contributed by atoms with Crippen LogP contribution in [0.4, 0.5) is 8.78 Å². The number of alkyl halides is 2. The first-order valence-electron chi connectivity index (χ1n) is 14.1. The molecular formula is C30H36F2N6O4Si. The summed E-state index contributed by atoms with van der Waals surface area (Å²) in [6.45, 7) is 10.8. The average molecular weight is 611 g/mol. The number of nitrogens with zero attached hydrogens (tertiary/aromatic N) is 6. The van der Waals surface area contributed by atoms with Crippen LogP contribution in [0.3, 0.4) is 0 Å². The van der Waals surface area contributed by atoms with Crippen LogP contribution in [0.2, 0.25) is 25.7 Å². The molecular weight excluding hydrogens is 574 g/mol. The molecule has 0 radical (unpaired) electrons. The zero-order valence-electron chi connectivity index (χ0n) is 25.0. The van der Waals surface area contributed by atoms with Crippen molar-refractivity contribution >= 4 is 19.1 Å². The summed E-state index contributed by atoms with van der Waals surface area (Å²) in [4.78, 5) is 8.87. The third-order valence-electron chi connectivity index (χ3n) is 7.05. The van der Waals surface area contributed by atoms with Crippen LogP contribution in [0.25, 0.3) is 33.4 Å². The fraction of sp³-hybridized carbons (Fsp3) is 0.467. The maximum atomic E-state index is 14.8. The Hall–Kier alpha value is -3.70. The number of aliphatic hydroxyl groups is 1. The normalized spacial score (nSPS) is 15.5. The molecule has 1 aliphatic rings. The van der Waals surface area contributed by atoms with Crippen LogP contribution in [0.1, 0.15) is 31.7 Å². The first-order chi connectivity index (χ1) is 20.4. The quantitative estimate of drug-likeness (QED) is 0.171. The molecule has 10 nitrogen and oxygen atoms in total. The molecule has 0 bridgehead atoms. The van der Waals surface area contributed by atoms with Crippen molar-refractivity contribution < 1.29 is 28.1 Å². The number of halogens is 2. The van der Waals surface area contributed by atoms with E-state index in [2.05, 4.69) is 40.8 Å². The molecule has 1 atom stereocenters. The zero-order valence-corrected chi connectivity index (χ0v) is 26.0. The molecule has 5 rings (SSSR count). The third-order valence-corrected chi connectivity index (χ3v) is 8.75. The average Bonchev–Trinajstić information content (AvgIpc) is 3.48. The van der Waals surface area contributed by atoms with Crippen molar-refractivity contribution in [3.63, 3.8) is 0 Å². The Morgan fingerprint density at radius 2 is 1.93 bits per heavy atom. The van der Waals surface area contributed by atoms with E-state index in [0.29, 0.717) is 34.5 Å².